The number of hydrogen-bond acceptors (Lipinski definition) is 0. The third-order valence-corrected chi connectivity index (χ3v) is 2.35. The minimum absolute atomic E-state index is 1.09. The van der Waals surface area contributed by atoms with Crippen LogP contribution in [-0.2, 0) is 0 Å². The highest BCUT2D eigenvalue weighted by Crippen LogP contribution is 2.09. The van der Waals surface area contributed by atoms with Crippen LogP contribution in [0.2, 0.25) is 0 Å². The Morgan fingerprint density at radius 1 is 1.09 bits per heavy atom. The van der Waals surface area contributed by atoms with Gasteiger partial charge in [0.25, 0.3) is 0 Å². The fraction of sp³-hybridized carbons (Fsp3) is 0.800. The summed E-state index contributed by atoms with van der Waals surface area (Å²) in [6.45, 7) is 14.3. The van der Waals surface area contributed by atoms with Gasteiger partial charge in [-0.15, -0.1) is 0 Å². The molecule has 0 amide bonds. The van der Waals surface area contributed by atoms with E-state index in [4.69, 9.17) is 0 Å². The van der Waals surface area contributed by atoms with E-state index in [-0.39, 0.29) is 0 Å². The molecular weight excluding hydrogens is 134 g/mol. The van der Waals surface area contributed by atoms with Gasteiger partial charge in [-0.1, -0.05) is 13.8 Å². The second-order valence-electron chi connectivity index (χ2n) is 3.16. The molecule has 0 saturated heterocycles. The Balaban J connectivity index is 4.07. The van der Waals surface area contributed by atoms with E-state index >= 15 is 0 Å². The SMILES string of the molecule is C=C[N+](CC)(CCC)CCC. The maximum absolute atomic E-state index is 3.91. The van der Waals surface area contributed by atoms with E-state index in [0.29, 0.717) is 0 Å². The number of nitrogens with zero attached hydrogens (tertiary/aromatic N) is 1. The summed E-state index contributed by atoms with van der Waals surface area (Å²) in [6.07, 6.45) is 4.60. The lowest BCUT2D eigenvalue weighted by molar-refractivity contribution is -0.877. The molecule has 0 bridgehead atoms. The second-order valence-corrected chi connectivity index (χ2v) is 3.16. The standard InChI is InChI=1S/C10H22N/c1-5-9-11(7-3,8-4)10-6-2/h7H,3,5-6,8-10H2,1-2,4H3/q+1. The predicted octanol–water partition coefficient (Wildman–Crippen LogP) is 2.79. The lowest BCUT2D eigenvalue weighted by atomic mass is 10.3. The van der Waals surface area contributed by atoms with Crippen LogP contribution in [0.4, 0.5) is 0 Å². The molecule has 1 nitrogen and oxygen atoms in total. The van der Waals surface area contributed by atoms with Crippen LogP contribution >= 0.6 is 0 Å². The Bertz CT molecular complexity index is 101. The van der Waals surface area contributed by atoms with Crippen LogP contribution in [0.15, 0.2) is 12.8 Å². The summed E-state index contributed by atoms with van der Waals surface area (Å²) in [4.78, 5) is 0. The van der Waals surface area contributed by atoms with E-state index in [1.807, 2.05) is 0 Å². The van der Waals surface area contributed by atoms with Crippen LogP contribution in [0.5, 0.6) is 0 Å². The lowest BCUT2D eigenvalue weighted by Gasteiger charge is -2.32. The summed E-state index contributed by atoms with van der Waals surface area (Å²) in [5.74, 6) is 0. The van der Waals surface area contributed by atoms with Crippen molar-refractivity contribution in [3.05, 3.63) is 12.8 Å². The average Bonchev–Trinajstić information content (AvgIpc) is 2.04. The molecule has 0 aliphatic heterocycles. The third-order valence-electron chi connectivity index (χ3n) is 2.35. The molecular formula is C10H22N+. The van der Waals surface area contributed by atoms with Crippen LogP contribution in [0.25, 0.3) is 0 Å². The molecule has 0 aromatic heterocycles. The van der Waals surface area contributed by atoms with Crippen molar-refractivity contribution >= 4 is 0 Å². The monoisotopic (exact) mass is 156 g/mol. The van der Waals surface area contributed by atoms with Crippen molar-refractivity contribution in [1.82, 2.24) is 0 Å². The van der Waals surface area contributed by atoms with Crippen LogP contribution in [0.3, 0.4) is 0 Å². The molecule has 66 valence electrons. The van der Waals surface area contributed by atoms with Gasteiger partial charge >= 0.3 is 0 Å². The normalized spacial score (nSPS) is 11.5. The summed E-state index contributed by atoms with van der Waals surface area (Å²) in [5.41, 5.74) is 0. The molecule has 0 aliphatic carbocycles. The molecule has 0 unspecified atom stereocenters. The predicted molar refractivity (Wildman–Crippen MR) is 51.3 cm³/mol. The fourth-order valence-electron chi connectivity index (χ4n) is 1.63. The van der Waals surface area contributed by atoms with Crippen molar-refractivity contribution in [2.75, 3.05) is 19.6 Å². The first-order chi connectivity index (χ1) is 5.24. The molecule has 0 aromatic carbocycles. The van der Waals surface area contributed by atoms with E-state index in [1.165, 1.54) is 32.5 Å². The van der Waals surface area contributed by atoms with Gasteiger partial charge in [-0.05, 0) is 26.3 Å². The Hall–Kier alpha value is -0.300. The summed E-state index contributed by atoms with van der Waals surface area (Å²) >= 11 is 0. The molecule has 0 aromatic rings. The highest BCUT2D eigenvalue weighted by molar-refractivity contribution is 4.56. The smallest absolute Gasteiger partial charge is 0.0885 e. The summed E-state index contributed by atoms with van der Waals surface area (Å²) in [5, 5.41) is 0. The zero-order valence-corrected chi connectivity index (χ0v) is 8.27. The van der Waals surface area contributed by atoms with Gasteiger partial charge in [0.05, 0.1) is 25.8 Å². The Kier molecular flexibility index (Phi) is 5.22. The average molecular weight is 156 g/mol. The van der Waals surface area contributed by atoms with Crippen LogP contribution in [0.1, 0.15) is 33.6 Å². The van der Waals surface area contributed by atoms with Crippen molar-refractivity contribution in [1.29, 1.82) is 0 Å². The lowest BCUT2D eigenvalue weighted by Crippen LogP contribution is -2.43. The van der Waals surface area contributed by atoms with Crippen molar-refractivity contribution < 1.29 is 4.48 Å². The molecule has 11 heavy (non-hydrogen) atoms. The first kappa shape index (κ1) is 10.7. The van der Waals surface area contributed by atoms with E-state index < -0.39 is 0 Å². The van der Waals surface area contributed by atoms with Crippen LogP contribution in [-0.4, -0.2) is 24.1 Å². The van der Waals surface area contributed by atoms with Gasteiger partial charge in [0.15, 0.2) is 0 Å². The number of rotatable bonds is 6. The minimum atomic E-state index is 1.09. The minimum Gasteiger partial charge on any atom is -0.298 e. The Morgan fingerprint density at radius 2 is 1.55 bits per heavy atom. The van der Waals surface area contributed by atoms with Crippen LogP contribution in [0, 0.1) is 0 Å². The largest absolute Gasteiger partial charge is 0.298 e. The van der Waals surface area contributed by atoms with Gasteiger partial charge in [-0.3, -0.25) is 4.48 Å². The maximum atomic E-state index is 3.91. The molecule has 0 atom stereocenters. The molecule has 0 saturated carbocycles. The third kappa shape index (κ3) is 3.06. The van der Waals surface area contributed by atoms with Crippen molar-refractivity contribution in [2.45, 2.75) is 33.6 Å². The zero-order valence-electron chi connectivity index (χ0n) is 8.27. The first-order valence-electron chi connectivity index (χ1n) is 4.74. The molecule has 0 fully saturated rings. The van der Waals surface area contributed by atoms with Gasteiger partial charge in [0.1, 0.15) is 0 Å². The Morgan fingerprint density at radius 3 is 1.73 bits per heavy atom. The van der Waals surface area contributed by atoms with Crippen molar-refractivity contribution in [2.24, 2.45) is 0 Å². The molecule has 0 N–H and O–H groups in total. The van der Waals surface area contributed by atoms with Gasteiger partial charge in [-0.25, -0.2) is 0 Å². The molecule has 0 heterocycles. The zero-order chi connectivity index (χ0) is 8.74. The van der Waals surface area contributed by atoms with Crippen LogP contribution < -0.4 is 0 Å². The van der Waals surface area contributed by atoms with Crippen molar-refractivity contribution in [3.63, 3.8) is 0 Å². The number of quaternary nitrogens is 1. The van der Waals surface area contributed by atoms with Gasteiger partial charge in [0, 0.05) is 0 Å². The van der Waals surface area contributed by atoms with E-state index in [9.17, 15) is 0 Å². The second kappa shape index (κ2) is 5.36. The summed E-state index contributed by atoms with van der Waals surface area (Å²) < 4.78 is 1.09. The molecule has 0 aliphatic rings. The molecule has 0 spiro atoms. The van der Waals surface area contributed by atoms with E-state index in [1.54, 1.807) is 0 Å². The first-order valence-corrected chi connectivity index (χ1v) is 4.74. The molecule has 0 radical (unpaired) electrons. The number of hydrogen-bond donors (Lipinski definition) is 0. The van der Waals surface area contributed by atoms with Crippen molar-refractivity contribution in [3.8, 4) is 0 Å². The van der Waals surface area contributed by atoms with E-state index in [0.717, 1.165) is 4.48 Å². The van der Waals surface area contributed by atoms with Gasteiger partial charge < -0.3 is 0 Å². The maximum Gasteiger partial charge on any atom is 0.0885 e. The highest BCUT2D eigenvalue weighted by Gasteiger charge is 2.18. The molecule has 1 heteroatoms. The summed E-state index contributed by atoms with van der Waals surface area (Å²) in [6, 6.07) is 0. The van der Waals surface area contributed by atoms with Gasteiger partial charge in [0.2, 0.25) is 0 Å². The topological polar surface area (TPSA) is 0 Å². The quantitative estimate of drug-likeness (QED) is 0.519. The van der Waals surface area contributed by atoms with Gasteiger partial charge in [-0.2, -0.15) is 0 Å². The molecule has 0 rings (SSSR count). The highest BCUT2D eigenvalue weighted by atomic mass is 15.3. The summed E-state index contributed by atoms with van der Waals surface area (Å²) in [7, 11) is 0. The fourth-order valence-corrected chi connectivity index (χ4v) is 1.63. The van der Waals surface area contributed by atoms with E-state index in [2.05, 4.69) is 33.6 Å². The Labute approximate surface area is 71.3 Å².